The van der Waals surface area contributed by atoms with E-state index in [9.17, 15) is 23.6 Å². The number of allylic oxidation sites excluding steroid dienone is 2. The lowest BCUT2D eigenvalue weighted by Gasteiger charge is -2.39. The number of rotatable bonds is 7. The standard InChI is InChI=1S/C26H15Cl8FN2O4/c27-10-9-15(18(38)11-3-7-14(35)8-4-11)36(21(39)12-1-5-13(28)6-2-12)37-22(40)16-17(23(37)41)25(32)20(30)19(29)24(16,31)26(25,33)34/h1-8,15-17H,9-10H2/t15-,16+,17+,24+,25+/m0/s1. The Morgan fingerprint density at radius 2 is 1.29 bits per heavy atom. The average molecular weight is 722 g/mol. The Hall–Kier alpha value is -1.29. The zero-order chi connectivity index (χ0) is 30.2. The molecular weight excluding hydrogens is 707 g/mol. The molecule has 41 heavy (non-hydrogen) atoms. The van der Waals surface area contributed by atoms with Crippen LogP contribution in [-0.2, 0) is 9.59 Å². The van der Waals surface area contributed by atoms with Gasteiger partial charge in [0.15, 0.2) is 10.1 Å². The topological polar surface area (TPSA) is 74.8 Å². The van der Waals surface area contributed by atoms with Crippen LogP contribution >= 0.6 is 92.8 Å². The second kappa shape index (κ2) is 10.7. The Balaban J connectivity index is 1.67. The van der Waals surface area contributed by atoms with Crippen LogP contribution in [0.15, 0.2) is 58.6 Å². The van der Waals surface area contributed by atoms with Crippen LogP contribution in [-0.4, -0.2) is 59.5 Å². The first-order chi connectivity index (χ1) is 19.2. The number of hydrogen-bond donors (Lipinski definition) is 0. The summed E-state index contributed by atoms with van der Waals surface area (Å²) in [4.78, 5) is 51.8. The molecule has 2 bridgehead atoms. The molecule has 2 aliphatic carbocycles. The smallest absolute Gasteiger partial charge is 0.273 e. The number of hydrogen-bond acceptors (Lipinski definition) is 4. The lowest BCUT2D eigenvalue weighted by Crippen LogP contribution is -2.60. The highest BCUT2D eigenvalue weighted by Crippen LogP contribution is 2.77. The molecule has 2 aromatic rings. The molecule has 5 atom stereocenters. The quantitative estimate of drug-likeness (QED) is 0.173. The molecule has 3 aliphatic rings. The molecule has 2 aromatic carbocycles. The molecule has 6 nitrogen and oxygen atoms in total. The lowest BCUT2D eigenvalue weighted by molar-refractivity contribution is -0.157. The van der Waals surface area contributed by atoms with Crippen LogP contribution in [0.3, 0.4) is 0 Å². The van der Waals surface area contributed by atoms with E-state index in [1.807, 2.05) is 0 Å². The van der Waals surface area contributed by atoms with Gasteiger partial charge in [0.2, 0.25) is 0 Å². The molecule has 1 saturated carbocycles. The van der Waals surface area contributed by atoms with E-state index in [4.69, 9.17) is 92.8 Å². The van der Waals surface area contributed by atoms with Crippen molar-refractivity contribution in [3.63, 3.8) is 0 Å². The monoisotopic (exact) mass is 718 g/mol. The fourth-order valence-corrected chi connectivity index (χ4v) is 8.83. The molecular formula is C26H15Cl8FN2O4. The first kappa shape index (κ1) is 31.1. The zero-order valence-corrected chi connectivity index (χ0v) is 26.2. The average Bonchev–Trinajstić information content (AvgIpc) is 3.32. The van der Waals surface area contributed by atoms with Gasteiger partial charge >= 0.3 is 0 Å². The molecule has 0 spiro atoms. The minimum atomic E-state index is -2.20. The molecule has 0 aromatic heterocycles. The highest BCUT2D eigenvalue weighted by molar-refractivity contribution is 6.66. The van der Waals surface area contributed by atoms with Crippen LogP contribution in [0.4, 0.5) is 4.39 Å². The van der Waals surface area contributed by atoms with E-state index in [1.165, 1.54) is 36.4 Å². The number of hydrazine groups is 1. The lowest BCUT2D eigenvalue weighted by atomic mass is 9.84. The van der Waals surface area contributed by atoms with E-state index >= 15 is 0 Å². The first-order valence-electron chi connectivity index (χ1n) is 11.8. The minimum Gasteiger partial charge on any atom is -0.292 e. The van der Waals surface area contributed by atoms with Crippen LogP contribution in [0.1, 0.15) is 27.1 Å². The second-order valence-electron chi connectivity index (χ2n) is 9.59. The number of Topliss-reactive ketones (excluding diaryl/α,β-unsaturated/α-hetero) is 1. The number of carbonyl (C=O) groups is 4. The number of ketones is 1. The number of fused-ring (bicyclic) bond motifs is 5. The zero-order valence-electron chi connectivity index (χ0n) is 20.2. The molecule has 1 saturated heterocycles. The number of halogens is 9. The van der Waals surface area contributed by atoms with Crippen LogP contribution in [0.5, 0.6) is 0 Å². The van der Waals surface area contributed by atoms with Crippen molar-refractivity contribution in [1.82, 2.24) is 10.0 Å². The largest absolute Gasteiger partial charge is 0.292 e. The van der Waals surface area contributed by atoms with Gasteiger partial charge in [-0.25, -0.2) is 9.40 Å². The maximum Gasteiger partial charge on any atom is 0.273 e. The van der Waals surface area contributed by atoms with Crippen molar-refractivity contribution in [2.24, 2.45) is 11.8 Å². The van der Waals surface area contributed by atoms with E-state index in [2.05, 4.69) is 0 Å². The minimum absolute atomic E-state index is 0.00861. The summed E-state index contributed by atoms with van der Waals surface area (Å²) in [5.41, 5.74) is -0.0356. The highest BCUT2D eigenvalue weighted by atomic mass is 35.5. The van der Waals surface area contributed by atoms with Gasteiger partial charge in [0, 0.05) is 22.0 Å². The SMILES string of the molecule is O=C(c1ccc(F)cc1)[C@H](CCCl)N(C(=O)c1ccc(Cl)cc1)N1C(=O)[C@H]2[C@H](C1=O)[C@@]1(Cl)C(Cl)=C(Cl)[C@@]2(Cl)C1(Cl)Cl. The molecule has 5 rings (SSSR count). The fraction of sp³-hybridized carbons (Fsp3) is 0.308. The maximum atomic E-state index is 14.1. The number of alkyl halides is 5. The number of benzene rings is 2. The van der Waals surface area contributed by atoms with Crippen molar-refractivity contribution < 1.29 is 23.6 Å². The van der Waals surface area contributed by atoms with Gasteiger partial charge in [-0.15, -0.1) is 34.8 Å². The molecule has 0 N–H and O–H groups in total. The van der Waals surface area contributed by atoms with Gasteiger partial charge in [-0.2, -0.15) is 5.01 Å². The molecule has 1 aliphatic heterocycles. The van der Waals surface area contributed by atoms with Gasteiger partial charge in [0.05, 0.1) is 21.9 Å². The summed E-state index contributed by atoms with van der Waals surface area (Å²) < 4.78 is 11.4. The predicted molar refractivity (Wildman–Crippen MR) is 157 cm³/mol. The summed E-state index contributed by atoms with van der Waals surface area (Å²) in [6.45, 7) is 0. The van der Waals surface area contributed by atoms with E-state index in [0.717, 1.165) is 12.1 Å². The highest BCUT2D eigenvalue weighted by Gasteiger charge is 2.88. The van der Waals surface area contributed by atoms with E-state index in [-0.39, 0.29) is 33.5 Å². The Kier molecular flexibility index (Phi) is 8.13. The van der Waals surface area contributed by atoms with Crippen molar-refractivity contribution in [3.05, 3.63) is 80.6 Å². The molecule has 3 amide bonds. The van der Waals surface area contributed by atoms with Crippen molar-refractivity contribution in [1.29, 1.82) is 0 Å². The second-order valence-corrected chi connectivity index (χ2v) is 13.7. The first-order valence-corrected chi connectivity index (χ1v) is 15.0. The molecule has 2 fully saturated rings. The predicted octanol–water partition coefficient (Wildman–Crippen LogP) is 7.16. The Labute approximate surface area is 273 Å². The van der Waals surface area contributed by atoms with Crippen molar-refractivity contribution >= 4 is 116 Å². The van der Waals surface area contributed by atoms with E-state index in [1.54, 1.807) is 0 Å². The molecule has 216 valence electrons. The Morgan fingerprint density at radius 3 is 1.76 bits per heavy atom. The number of imide groups is 1. The van der Waals surface area contributed by atoms with Gasteiger partial charge in [0.25, 0.3) is 17.7 Å². The fourth-order valence-electron chi connectivity index (χ4n) is 5.56. The summed E-state index contributed by atoms with van der Waals surface area (Å²) in [5.74, 6) is -7.64. The summed E-state index contributed by atoms with van der Waals surface area (Å²) in [5, 5.41) is 0.866. The van der Waals surface area contributed by atoms with E-state index in [0.29, 0.717) is 15.0 Å². The molecule has 1 heterocycles. The van der Waals surface area contributed by atoms with Crippen molar-refractivity contribution in [2.75, 3.05) is 5.88 Å². The van der Waals surface area contributed by atoms with Crippen LogP contribution in [0.25, 0.3) is 0 Å². The van der Waals surface area contributed by atoms with Gasteiger partial charge in [-0.1, -0.05) is 58.0 Å². The third kappa shape index (κ3) is 4.18. The molecule has 0 radical (unpaired) electrons. The van der Waals surface area contributed by atoms with Crippen LogP contribution in [0.2, 0.25) is 5.02 Å². The number of amides is 3. The van der Waals surface area contributed by atoms with Crippen LogP contribution in [0, 0.1) is 17.7 Å². The number of nitrogens with zero attached hydrogens (tertiary/aromatic N) is 2. The summed E-state index contributed by atoms with van der Waals surface area (Å²) >= 11 is 51.6. The van der Waals surface area contributed by atoms with Crippen LogP contribution < -0.4 is 0 Å². The van der Waals surface area contributed by atoms with Gasteiger partial charge < -0.3 is 0 Å². The summed E-state index contributed by atoms with van der Waals surface area (Å²) in [6, 6.07) is 8.50. The third-order valence-electron chi connectivity index (χ3n) is 7.51. The van der Waals surface area contributed by atoms with Gasteiger partial charge in [-0.05, 0) is 55.0 Å². The van der Waals surface area contributed by atoms with Crippen molar-refractivity contribution in [3.8, 4) is 0 Å². The maximum absolute atomic E-state index is 14.1. The molecule has 15 heteroatoms. The third-order valence-corrected chi connectivity index (χ3v) is 12.2. The Morgan fingerprint density at radius 1 is 0.829 bits per heavy atom. The van der Waals surface area contributed by atoms with Gasteiger partial charge in [-0.3, -0.25) is 19.2 Å². The number of carbonyl (C=O) groups excluding carboxylic acids is 4. The Bertz CT molecular complexity index is 1470. The molecule has 0 unspecified atom stereocenters. The summed E-state index contributed by atoms with van der Waals surface area (Å²) in [7, 11) is 0. The van der Waals surface area contributed by atoms with E-state index < -0.39 is 61.3 Å². The van der Waals surface area contributed by atoms with Crippen molar-refractivity contribution in [2.45, 2.75) is 26.5 Å². The van der Waals surface area contributed by atoms with Gasteiger partial charge in [0.1, 0.15) is 21.6 Å². The normalized spacial score (nSPS) is 28.8. The summed E-state index contributed by atoms with van der Waals surface area (Å²) in [6.07, 6.45) is -0.212.